The molecule has 28 heavy (non-hydrogen) atoms. The molecule has 3 atom stereocenters. The van der Waals surface area contributed by atoms with E-state index in [0.717, 1.165) is 25.8 Å². The van der Waals surface area contributed by atoms with Gasteiger partial charge in [0.15, 0.2) is 12.3 Å². The quantitative estimate of drug-likeness (QED) is 0.746. The van der Waals surface area contributed by atoms with E-state index in [1.807, 2.05) is 0 Å². The summed E-state index contributed by atoms with van der Waals surface area (Å²) in [7, 11) is 0. The van der Waals surface area contributed by atoms with Gasteiger partial charge >= 0.3 is 11.9 Å². The summed E-state index contributed by atoms with van der Waals surface area (Å²) in [6.07, 6.45) is 0.684. The van der Waals surface area contributed by atoms with Crippen LogP contribution in [0.5, 0.6) is 0 Å². The van der Waals surface area contributed by atoms with Crippen molar-refractivity contribution in [1.29, 1.82) is 0 Å². The molecule has 2 aromatic carbocycles. The summed E-state index contributed by atoms with van der Waals surface area (Å²) >= 11 is 0. The smallest absolute Gasteiger partial charge is 0.353 e. The molecule has 0 aliphatic carbocycles. The average molecular weight is 383 g/mol. The van der Waals surface area contributed by atoms with Crippen LogP contribution >= 0.6 is 0 Å². The van der Waals surface area contributed by atoms with Crippen LogP contribution in [0.4, 0.5) is 0 Å². The lowest BCUT2D eigenvalue weighted by atomic mass is 10.1. The van der Waals surface area contributed by atoms with Crippen LogP contribution in [0.2, 0.25) is 0 Å². The normalized spacial score (nSPS) is 19.1. The maximum absolute atomic E-state index is 12.8. The van der Waals surface area contributed by atoms with Gasteiger partial charge in [0.1, 0.15) is 0 Å². The number of carbonyl (C=O) groups excluding carboxylic acids is 2. The highest BCUT2D eigenvalue weighted by atomic mass is 16.6. The van der Waals surface area contributed by atoms with Gasteiger partial charge in [-0.2, -0.15) is 0 Å². The molecule has 2 aromatic rings. The van der Waals surface area contributed by atoms with E-state index in [-0.39, 0.29) is 0 Å². The van der Waals surface area contributed by atoms with Crippen LogP contribution < -0.4 is 5.32 Å². The lowest BCUT2D eigenvalue weighted by molar-refractivity contribution is -0.178. The van der Waals surface area contributed by atoms with Gasteiger partial charge in [-0.3, -0.25) is 5.32 Å². The minimum absolute atomic E-state index is 0.401. The summed E-state index contributed by atoms with van der Waals surface area (Å²) in [5.41, 5.74) is 0.896. The molecule has 1 saturated heterocycles. The third-order valence-electron chi connectivity index (χ3n) is 4.66. The van der Waals surface area contributed by atoms with Gasteiger partial charge in [-0.1, -0.05) is 67.1 Å². The molecule has 0 radical (unpaired) electrons. The van der Waals surface area contributed by atoms with Gasteiger partial charge < -0.3 is 14.6 Å². The molecule has 0 aromatic heterocycles. The average Bonchev–Trinajstić information content (AvgIpc) is 3.01. The SMILES string of the molecule is O=C(O[C@@H](C(=O)OC1CCCCCN1)c1ccccc1)[C@H](O)c1ccccc1. The first-order chi connectivity index (χ1) is 13.6. The first kappa shape index (κ1) is 20.0. The minimum Gasteiger partial charge on any atom is -0.444 e. The summed E-state index contributed by atoms with van der Waals surface area (Å²) in [6.45, 7) is 0.778. The first-order valence-electron chi connectivity index (χ1n) is 9.57. The fourth-order valence-electron chi connectivity index (χ4n) is 3.13. The Kier molecular flexibility index (Phi) is 7.17. The Morgan fingerprint density at radius 2 is 1.54 bits per heavy atom. The third-order valence-corrected chi connectivity index (χ3v) is 4.66. The van der Waals surface area contributed by atoms with E-state index < -0.39 is 30.4 Å². The van der Waals surface area contributed by atoms with Crippen molar-refractivity contribution in [1.82, 2.24) is 5.32 Å². The Bertz CT molecular complexity index is 757. The number of esters is 2. The number of nitrogens with one attached hydrogen (secondary N) is 1. The number of carbonyl (C=O) groups is 2. The van der Waals surface area contributed by atoms with Gasteiger partial charge in [-0.05, 0) is 31.4 Å². The van der Waals surface area contributed by atoms with Gasteiger partial charge in [0.05, 0.1) is 0 Å². The van der Waals surface area contributed by atoms with Crippen LogP contribution in [0, 0.1) is 0 Å². The van der Waals surface area contributed by atoms with Crippen LogP contribution in [0.3, 0.4) is 0 Å². The van der Waals surface area contributed by atoms with Gasteiger partial charge in [0.2, 0.25) is 6.10 Å². The molecule has 0 bridgehead atoms. The highest BCUT2D eigenvalue weighted by Gasteiger charge is 2.31. The number of hydrogen-bond donors (Lipinski definition) is 2. The zero-order valence-corrected chi connectivity index (χ0v) is 15.6. The molecule has 1 unspecified atom stereocenters. The van der Waals surface area contributed by atoms with Crippen LogP contribution in [-0.4, -0.2) is 29.8 Å². The molecule has 148 valence electrons. The topological polar surface area (TPSA) is 84.9 Å². The number of hydrogen-bond acceptors (Lipinski definition) is 6. The Hall–Kier alpha value is -2.70. The van der Waals surface area contributed by atoms with E-state index in [1.54, 1.807) is 60.7 Å². The largest absolute Gasteiger partial charge is 0.444 e. The van der Waals surface area contributed by atoms with Crippen LogP contribution in [-0.2, 0) is 19.1 Å². The van der Waals surface area contributed by atoms with Crippen molar-refractivity contribution in [3.8, 4) is 0 Å². The molecular formula is C22H25NO5. The number of benzene rings is 2. The van der Waals surface area contributed by atoms with Crippen LogP contribution in [0.25, 0.3) is 0 Å². The van der Waals surface area contributed by atoms with E-state index in [1.165, 1.54) is 0 Å². The summed E-state index contributed by atoms with van der Waals surface area (Å²) in [6, 6.07) is 17.1. The Morgan fingerprint density at radius 3 is 2.21 bits per heavy atom. The van der Waals surface area contributed by atoms with Crippen molar-refractivity contribution >= 4 is 11.9 Å². The second-order valence-electron chi connectivity index (χ2n) is 6.77. The maximum Gasteiger partial charge on any atom is 0.353 e. The van der Waals surface area contributed by atoms with Crippen molar-refractivity contribution in [2.75, 3.05) is 6.54 Å². The van der Waals surface area contributed by atoms with Crippen LogP contribution in [0.15, 0.2) is 60.7 Å². The molecule has 2 N–H and O–H groups in total. The van der Waals surface area contributed by atoms with E-state index in [0.29, 0.717) is 17.5 Å². The molecule has 6 nitrogen and oxygen atoms in total. The van der Waals surface area contributed by atoms with Crippen molar-refractivity contribution in [3.05, 3.63) is 71.8 Å². The fraction of sp³-hybridized carbons (Fsp3) is 0.364. The predicted molar refractivity (Wildman–Crippen MR) is 103 cm³/mol. The second kappa shape index (κ2) is 10.0. The summed E-state index contributed by atoms with van der Waals surface area (Å²) in [5, 5.41) is 13.5. The molecule has 0 spiro atoms. The Labute approximate surface area is 164 Å². The zero-order valence-electron chi connectivity index (χ0n) is 15.6. The van der Waals surface area contributed by atoms with Crippen molar-refractivity contribution in [2.45, 2.75) is 44.1 Å². The number of rotatable bonds is 6. The second-order valence-corrected chi connectivity index (χ2v) is 6.77. The molecule has 1 aliphatic heterocycles. The monoisotopic (exact) mass is 383 g/mol. The molecule has 6 heteroatoms. The summed E-state index contributed by atoms with van der Waals surface area (Å²) < 4.78 is 11.0. The van der Waals surface area contributed by atoms with Crippen molar-refractivity contribution in [3.63, 3.8) is 0 Å². The summed E-state index contributed by atoms with van der Waals surface area (Å²) in [5.74, 6) is -1.55. The molecule has 1 fully saturated rings. The molecule has 1 aliphatic rings. The molecular weight excluding hydrogens is 358 g/mol. The first-order valence-corrected chi connectivity index (χ1v) is 9.57. The minimum atomic E-state index is -1.48. The zero-order chi connectivity index (χ0) is 19.8. The van der Waals surface area contributed by atoms with E-state index >= 15 is 0 Å². The van der Waals surface area contributed by atoms with Crippen molar-refractivity contribution < 1.29 is 24.2 Å². The Balaban J connectivity index is 1.73. The van der Waals surface area contributed by atoms with E-state index in [4.69, 9.17) is 9.47 Å². The number of aliphatic hydroxyl groups excluding tert-OH is 1. The highest BCUT2D eigenvalue weighted by Crippen LogP contribution is 2.24. The standard InChI is InChI=1S/C22H25NO5/c24-19(16-10-4-1-5-11-16)21(25)28-20(17-12-6-2-7-13-17)22(26)27-18-14-8-3-9-15-23-18/h1-2,4-7,10-13,18-20,23-24H,3,8-9,14-15H2/t18?,19-,20-/m1/s1. The van der Waals surface area contributed by atoms with Crippen molar-refractivity contribution in [2.24, 2.45) is 0 Å². The van der Waals surface area contributed by atoms with E-state index in [2.05, 4.69) is 5.32 Å². The van der Waals surface area contributed by atoms with Gasteiger partial charge in [-0.25, -0.2) is 9.59 Å². The number of ether oxygens (including phenoxy) is 2. The highest BCUT2D eigenvalue weighted by molar-refractivity contribution is 5.83. The predicted octanol–water partition coefficient (Wildman–Crippen LogP) is 3.04. The summed E-state index contributed by atoms with van der Waals surface area (Å²) in [4.78, 5) is 25.3. The third kappa shape index (κ3) is 5.41. The molecule has 0 saturated carbocycles. The maximum atomic E-state index is 12.8. The van der Waals surface area contributed by atoms with Gasteiger partial charge in [-0.15, -0.1) is 0 Å². The lowest BCUT2D eigenvalue weighted by Gasteiger charge is -2.23. The Morgan fingerprint density at radius 1 is 0.893 bits per heavy atom. The number of aliphatic hydroxyl groups is 1. The fourth-order valence-corrected chi connectivity index (χ4v) is 3.13. The van der Waals surface area contributed by atoms with Gasteiger partial charge in [0.25, 0.3) is 0 Å². The van der Waals surface area contributed by atoms with Crippen LogP contribution in [0.1, 0.15) is 49.0 Å². The lowest BCUT2D eigenvalue weighted by Crippen LogP contribution is -2.36. The molecule has 1 heterocycles. The van der Waals surface area contributed by atoms with Gasteiger partial charge in [0, 0.05) is 5.56 Å². The molecule has 0 amide bonds. The van der Waals surface area contributed by atoms with E-state index in [9.17, 15) is 14.7 Å². The molecule has 3 rings (SSSR count).